The molecule has 2 heterocycles. The molecule has 2 rings (SSSR count). The lowest BCUT2D eigenvalue weighted by atomic mass is 9.91. The van der Waals surface area contributed by atoms with Gasteiger partial charge in [0.2, 0.25) is 17.7 Å². The number of hydrogen-bond acceptors (Lipinski definition) is 7. The predicted octanol–water partition coefficient (Wildman–Crippen LogP) is 1.99. The molecular formula is C22H37N5O4S. The van der Waals surface area contributed by atoms with E-state index in [4.69, 9.17) is 4.52 Å². The van der Waals surface area contributed by atoms with Crippen LogP contribution >= 0.6 is 11.8 Å². The second kappa shape index (κ2) is 11.7. The number of anilines is 1. The molecule has 0 spiro atoms. The van der Waals surface area contributed by atoms with Gasteiger partial charge in [0.05, 0.1) is 11.0 Å². The maximum atomic E-state index is 12.6. The number of amides is 3. The van der Waals surface area contributed by atoms with Crippen molar-refractivity contribution in [2.24, 2.45) is 11.3 Å². The molecule has 0 saturated carbocycles. The highest BCUT2D eigenvalue weighted by molar-refractivity contribution is 8.01. The lowest BCUT2D eigenvalue weighted by molar-refractivity contribution is -0.133. The smallest absolute Gasteiger partial charge is 0.238 e. The van der Waals surface area contributed by atoms with E-state index in [1.165, 1.54) is 11.8 Å². The number of carbonyl (C=O) groups excluding carboxylic acids is 3. The molecule has 32 heavy (non-hydrogen) atoms. The fourth-order valence-corrected chi connectivity index (χ4v) is 4.58. The number of likely N-dealkylation sites (tertiary alicyclic amines) is 1. The van der Waals surface area contributed by atoms with Gasteiger partial charge in [0.1, 0.15) is 5.76 Å². The van der Waals surface area contributed by atoms with Gasteiger partial charge >= 0.3 is 0 Å². The van der Waals surface area contributed by atoms with Crippen LogP contribution in [-0.4, -0.2) is 84.0 Å². The highest BCUT2D eigenvalue weighted by Gasteiger charge is 2.29. The van der Waals surface area contributed by atoms with E-state index in [9.17, 15) is 14.4 Å². The molecule has 0 bridgehead atoms. The largest absolute Gasteiger partial charge is 0.360 e. The first-order chi connectivity index (χ1) is 15.0. The van der Waals surface area contributed by atoms with Crippen molar-refractivity contribution in [2.45, 2.75) is 45.8 Å². The summed E-state index contributed by atoms with van der Waals surface area (Å²) in [5.74, 6) is 1.01. The average molecular weight is 468 g/mol. The normalized spacial score (nSPS) is 16.2. The molecule has 180 valence electrons. The van der Waals surface area contributed by atoms with Crippen LogP contribution in [0.3, 0.4) is 0 Å². The summed E-state index contributed by atoms with van der Waals surface area (Å²) >= 11 is 1.29. The number of hydrogen-bond donors (Lipinski definition) is 2. The molecule has 1 aliphatic rings. The number of aromatic nitrogens is 1. The van der Waals surface area contributed by atoms with Gasteiger partial charge in [0, 0.05) is 38.2 Å². The SMILES string of the molecule is Cc1cc(NC(=O)C(C)SCC(=O)N2CCC(C(=O)NCC(C)(C)CN(C)C)CC2)no1. The van der Waals surface area contributed by atoms with Crippen LogP contribution in [0.4, 0.5) is 5.82 Å². The predicted molar refractivity (Wildman–Crippen MR) is 126 cm³/mol. The monoisotopic (exact) mass is 467 g/mol. The van der Waals surface area contributed by atoms with Gasteiger partial charge in [-0.15, -0.1) is 11.8 Å². The number of rotatable bonds is 10. The molecule has 1 atom stereocenters. The van der Waals surface area contributed by atoms with E-state index in [-0.39, 0.29) is 34.8 Å². The third-order valence-corrected chi connectivity index (χ3v) is 6.54. The molecule has 0 aliphatic carbocycles. The van der Waals surface area contributed by atoms with Crippen molar-refractivity contribution in [1.82, 2.24) is 20.3 Å². The quantitative estimate of drug-likeness (QED) is 0.542. The molecule has 0 aromatic carbocycles. The Balaban J connectivity index is 1.69. The summed E-state index contributed by atoms with van der Waals surface area (Å²) in [4.78, 5) is 41.3. The van der Waals surface area contributed by atoms with Gasteiger partial charge in [-0.05, 0) is 46.2 Å². The summed E-state index contributed by atoms with van der Waals surface area (Å²) in [6.45, 7) is 10.4. The molecule has 0 radical (unpaired) electrons. The van der Waals surface area contributed by atoms with E-state index < -0.39 is 5.25 Å². The third kappa shape index (κ3) is 8.46. The van der Waals surface area contributed by atoms with Crippen LogP contribution in [0.15, 0.2) is 10.6 Å². The van der Waals surface area contributed by atoms with Crippen molar-refractivity contribution < 1.29 is 18.9 Å². The lowest BCUT2D eigenvalue weighted by Crippen LogP contribution is -2.46. The first-order valence-corrected chi connectivity index (χ1v) is 12.1. The molecular weight excluding hydrogens is 430 g/mol. The zero-order chi connectivity index (χ0) is 23.9. The minimum absolute atomic E-state index is 0.00194. The van der Waals surface area contributed by atoms with E-state index in [0.717, 1.165) is 6.54 Å². The summed E-state index contributed by atoms with van der Waals surface area (Å²) < 4.78 is 4.93. The number of aryl methyl sites for hydroxylation is 1. The maximum Gasteiger partial charge on any atom is 0.238 e. The van der Waals surface area contributed by atoms with Crippen LogP contribution in [0, 0.1) is 18.3 Å². The van der Waals surface area contributed by atoms with Gasteiger partial charge in [-0.3, -0.25) is 14.4 Å². The summed E-state index contributed by atoms with van der Waals surface area (Å²) in [6, 6.07) is 1.64. The van der Waals surface area contributed by atoms with Crippen molar-refractivity contribution in [2.75, 3.05) is 51.3 Å². The molecule has 2 N–H and O–H groups in total. The Bertz CT molecular complexity index is 787. The van der Waals surface area contributed by atoms with Gasteiger partial charge in [-0.25, -0.2) is 0 Å². The number of thioether (sulfide) groups is 1. The van der Waals surface area contributed by atoms with E-state index in [2.05, 4.69) is 34.5 Å². The van der Waals surface area contributed by atoms with Crippen molar-refractivity contribution in [1.29, 1.82) is 0 Å². The average Bonchev–Trinajstić information content (AvgIpc) is 3.13. The zero-order valence-electron chi connectivity index (χ0n) is 20.1. The topological polar surface area (TPSA) is 108 Å². The van der Waals surface area contributed by atoms with Crippen LogP contribution in [0.5, 0.6) is 0 Å². The Kier molecular flexibility index (Phi) is 9.57. The molecule has 1 aromatic rings. The van der Waals surface area contributed by atoms with Gasteiger partial charge in [-0.1, -0.05) is 19.0 Å². The van der Waals surface area contributed by atoms with Gasteiger partial charge in [0.25, 0.3) is 0 Å². The summed E-state index contributed by atoms with van der Waals surface area (Å²) in [5, 5.41) is 9.11. The molecule has 1 aromatic heterocycles. The van der Waals surface area contributed by atoms with E-state index in [0.29, 0.717) is 44.1 Å². The standard InChI is InChI=1S/C22H37N5O4S/c1-15-11-18(25-31-15)24-20(29)16(2)32-12-19(28)27-9-7-17(8-10-27)21(30)23-13-22(3,4)14-26(5)6/h11,16-17H,7-10,12-14H2,1-6H3,(H,23,30)(H,24,25,29). The van der Waals surface area contributed by atoms with Crippen molar-refractivity contribution in [3.63, 3.8) is 0 Å². The molecule has 1 unspecified atom stereocenters. The molecule has 1 aliphatic heterocycles. The second-order valence-corrected chi connectivity index (χ2v) is 10.9. The van der Waals surface area contributed by atoms with Crippen LogP contribution in [-0.2, 0) is 14.4 Å². The van der Waals surface area contributed by atoms with Gasteiger partial charge in [-0.2, -0.15) is 0 Å². The highest BCUT2D eigenvalue weighted by Crippen LogP contribution is 2.21. The van der Waals surface area contributed by atoms with Crippen molar-refractivity contribution in [3.05, 3.63) is 11.8 Å². The fraction of sp³-hybridized carbons (Fsp3) is 0.727. The Morgan fingerprint density at radius 3 is 2.53 bits per heavy atom. The molecule has 10 heteroatoms. The molecule has 3 amide bonds. The molecule has 1 fully saturated rings. The zero-order valence-corrected chi connectivity index (χ0v) is 20.9. The van der Waals surface area contributed by atoms with Crippen LogP contribution in [0.25, 0.3) is 0 Å². The number of carbonyl (C=O) groups is 3. The van der Waals surface area contributed by atoms with Gasteiger partial charge < -0.3 is 25.0 Å². The minimum atomic E-state index is -0.398. The fourth-order valence-electron chi connectivity index (χ4n) is 3.79. The highest BCUT2D eigenvalue weighted by atomic mass is 32.2. The Morgan fingerprint density at radius 2 is 1.97 bits per heavy atom. The van der Waals surface area contributed by atoms with Gasteiger partial charge in [0.15, 0.2) is 5.82 Å². The third-order valence-electron chi connectivity index (χ3n) is 5.41. The Labute approximate surface area is 195 Å². The second-order valence-electron chi connectivity index (χ2n) is 9.54. The number of nitrogens with one attached hydrogen (secondary N) is 2. The minimum Gasteiger partial charge on any atom is -0.360 e. The lowest BCUT2D eigenvalue weighted by Gasteiger charge is -2.33. The summed E-state index contributed by atoms with van der Waals surface area (Å²) in [6.07, 6.45) is 1.33. The van der Waals surface area contributed by atoms with Crippen LogP contribution < -0.4 is 10.6 Å². The van der Waals surface area contributed by atoms with E-state index in [1.54, 1.807) is 24.8 Å². The molecule has 9 nitrogen and oxygen atoms in total. The van der Waals surface area contributed by atoms with Crippen molar-refractivity contribution in [3.8, 4) is 0 Å². The number of nitrogens with zero attached hydrogens (tertiary/aromatic N) is 3. The number of piperidine rings is 1. The Morgan fingerprint density at radius 1 is 1.31 bits per heavy atom. The van der Waals surface area contributed by atoms with E-state index in [1.807, 2.05) is 14.1 Å². The molecule has 1 saturated heterocycles. The Hall–Kier alpha value is -2.07. The maximum absolute atomic E-state index is 12.6. The van der Waals surface area contributed by atoms with Crippen LogP contribution in [0.2, 0.25) is 0 Å². The van der Waals surface area contributed by atoms with Crippen LogP contribution in [0.1, 0.15) is 39.4 Å². The summed E-state index contributed by atoms with van der Waals surface area (Å²) in [5.41, 5.74) is 0.00252. The first-order valence-electron chi connectivity index (χ1n) is 11.0. The first kappa shape index (κ1) is 26.2. The van der Waals surface area contributed by atoms with Crippen molar-refractivity contribution >= 4 is 35.3 Å². The van der Waals surface area contributed by atoms with E-state index >= 15 is 0 Å². The summed E-state index contributed by atoms with van der Waals surface area (Å²) in [7, 11) is 4.05.